The predicted octanol–water partition coefficient (Wildman–Crippen LogP) is 3.88. The topological polar surface area (TPSA) is 65.3 Å². The Morgan fingerprint density at radius 2 is 2.05 bits per heavy atom. The quantitative estimate of drug-likeness (QED) is 0.488. The number of nitro groups is 1. The van der Waals surface area contributed by atoms with Gasteiger partial charge in [0, 0.05) is 18.3 Å². The molecule has 0 aliphatic rings. The number of hydrogen-bond acceptors (Lipinski definition) is 4. The van der Waals surface area contributed by atoms with E-state index < -0.39 is 4.92 Å². The molecule has 1 heterocycles. The molecule has 2 rings (SSSR count). The maximum absolute atomic E-state index is 10.6. The summed E-state index contributed by atoms with van der Waals surface area (Å²) < 4.78 is 5.47. The first-order valence-electron chi connectivity index (χ1n) is 5.23. The SMILES string of the molecule is O=[N+]([O-])c1ccc(OCc2ccnc(Cl)c2)cc1Cl. The van der Waals surface area contributed by atoms with Crippen LogP contribution in [0.2, 0.25) is 10.2 Å². The smallest absolute Gasteiger partial charge is 0.288 e. The van der Waals surface area contributed by atoms with Gasteiger partial charge in [0.25, 0.3) is 5.69 Å². The van der Waals surface area contributed by atoms with Crippen LogP contribution in [0.5, 0.6) is 5.75 Å². The Bertz CT molecular complexity index is 620. The van der Waals surface area contributed by atoms with Crippen LogP contribution >= 0.6 is 23.2 Å². The second-order valence-corrected chi connectivity index (χ2v) is 4.44. The van der Waals surface area contributed by atoms with Gasteiger partial charge in [0.05, 0.1) is 4.92 Å². The molecular formula is C12H8Cl2N2O3. The minimum Gasteiger partial charge on any atom is -0.489 e. The number of pyridine rings is 1. The van der Waals surface area contributed by atoms with E-state index in [1.165, 1.54) is 18.2 Å². The summed E-state index contributed by atoms with van der Waals surface area (Å²) in [5.74, 6) is 0.448. The Labute approximate surface area is 118 Å². The molecule has 0 spiro atoms. The molecule has 0 N–H and O–H groups in total. The van der Waals surface area contributed by atoms with Gasteiger partial charge in [-0.2, -0.15) is 0 Å². The Balaban J connectivity index is 2.08. The summed E-state index contributed by atoms with van der Waals surface area (Å²) in [5.41, 5.74) is 0.690. The van der Waals surface area contributed by atoms with Crippen molar-refractivity contribution >= 4 is 28.9 Å². The molecule has 0 bridgehead atoms. The van der Waals surface area contributed by atoms with Gasteiger partial charge >= 0.3 is 0 Å². The summed E-state index contributed by atoms with van der Waals surface area (Å²) in [7, 11) is 0. The Hall–Kier alpha value is -1.85. The van der Waals surface area contributed by atoms with Crippen molar-refractivity contribution in [3.05, 3.63) is 62.4 Å². The van der Waals surface area contributed by atoms with E-state index in [1.807, 2.05) is 0 Å². The number of rotatable bonds is 4. The van der Waals surface area contributed by atoms with Gasteiger partial charge in [0.15, 0.2) is 0 Å². The fourth-order valence-electron chi connectivity index (χ4n) is 1.42. The summed E-state index contributed by atoms with van der Waals surface area (Å²) in [6, 6.07) is 7.64. The van der Waals surface area contributed by atoms with E-state index in [0.29, 0.717) is 10.9 Å². The van der Waals surface area contributed by atoms with Gasteiger partial charge in [-0.15, -0.1) is 0 Å². The molecule has 19 heavy (non-hydrogen) atoms. The highest BCUT2D eigenvalue weighted by molar-refractivity contribution is 6.32. The van der Waals surface area contributed by atoms with Crippen molar-refractivity contribution in [1.29, 1.82) is 0 Å². The minimum absolute atomic E-state index is 0.0373. The first kappa shape index (κ1) is 13.6. The Morgan fingerprint density at radius 3 is 2.68 bits per heavy atom. The van der Waals surface area contributed by atoms with Gasteiger partial charge in [0.2, 0.25) is 0 Å². The van der Waals surface area contributed by atoms with E-state index in [0.717, 1.165) is 5.56 Å². The fraction of sp³-hybridized carbons (Fsp3) is 0.0833. The van der Waals surface area contributed by atoms with Gasteiger partial charge < -0.3 is 4.74 Å². The summed E-state index contributed by atoms with van der Waals surface area (Å²) in [6.45, 7) is 0.274. The zero-order chi connectivity index (χ0) is 13.8. The summed E-state index contributed by atoms with van der Waals surface area (Å²) in [5, 5.41) is 11.0. The highest BCUT2D eigenvalue weighted by Gasteiger charge is 2.12. The molecule has 1 aromatic carbocycles. The number of ether oxygens (including phenoxy) is 1. The highest BCUT2D eigenvalue weighted by Crippen LogP contribution is 2.28. The molecule has 7 heteroatoms. The molecule has 0 fully saturated rings. The third-order valence-electron chi connectivity index (χ3n) is 2.31. The van der Waals surface area contributed by atoms with Crippen molar-refractivity contribution in [1.82, 2.24) is 4.98 Å². The van der Waals surface area contributed by atoms with E-state index >= 15 is 0 Å². The number of aromatic nitrogens is 1. The van der Waals surface area contributed by atoms with Crippen molar-refractivity contribution in [2.75, 3.05) is 0 Å². The number of nitro benzene ring substituents is 1. The minimum atomic E-state index is -0.547. The van der Waals surface area contributed by atoms with Gasteiger partial charge in [-0.25, -0.2) is 4.98 Å². The van der Waals surface area contributed by atoms with Crippen molar-refractivity contribution < 1.29 is 9.66 Å². The van der Waals surface area contributed by atoms with Gasteiger partial charge in [-0.3, -0.25) is 10.1 Å². The lowest BCUT2D eigenvalue weighted by Crippen LogP contribution is -1.96. The van der Waals surface area contributed by atoms with Crippen LogP contribution in [0, 0.1) is 10.1 Å². The molecule has 1 aromatic heterocycles. The molecule has 2 aromatic rings. The predicted molar refractivity (Wildman–Crippen MR) is 71.7 cm³/mol. The molecule has 5 nitrogen and oxygen atoms in total. The number of hydrogen-bond donors (Lipinski definition) is 0. The lowest BCUT2D eigenvalue weighted by molar-refractivity contribution is -0.384. The molecule has 0 saturated heterocycles. The fourth-order valence-corrected chi connectivity index (χ4v) is 1.86. The zero-order valence-electron chi connectivity index (χ0n) is 9.55. The van der Waals surface area contributed by atoms with Crippen molar-refractivity contribution in [2.24, 2.45) is 0 Å². The standard InChI is InChI=1S/C12H8Cl2N2O3/c13-10-6-9(1-2-11(10)16(17)18)19-7-8-3-4-15-12(14)5-8/h1-6H,7H2. The molecule has 0 aliphatic heterocycles. The maximum atomic E-state index is 10.6. The molecule has 0 atom stereocenters. The molecule has 0 aliphatic carbocycles. The monoisotopic (exact) mass is 298 g/mol. The first-order chi connectivity index (χ1) is 9.06. The van der Waals surface area contributed by atoms with Crippen LogP contribution in [0.15, 0.2) is 36.5 Å². The van der Waals surface area contributed by atoms with E-state index in [1.54, 1.807) is 18.3 Å². The second kappa shape index (κ2) is 5.86. The lowest BCUT2D eigenvalue weighted by Gasteiger charge is -2.06. The van der Waals surface area contributed by atoms with Gasteiger partial charge in [-0.05, 0) is 23.8 Å². The molecule has 0 saturated carbocycles. The van der Waals surface area contributed by atoms with E-state index in [4.69, 9.17) is 27.9 Å². The zero-order valence-corrected chi connectivity index (χ0v) is 11.1. The average Bonchev–Trinajstić information content (AvgIpc) is 2.36. The molecule has 98 valence electrons. The molecule has 0 unspecified atom stereocenters. The van der Waals surface area contributed by atoms with Gasteiger partial charge in [-0.1, -0.05) is 23.2 Å². The maximum Gasteiger partial charge on any atom is 0.288 e. The second-order valence-electron chi connectivity index (χ2n) is 3.65. The van der Waals surface area contributed by atoms with Crippen molar-refractivity contribution in [3.8, 4) is 5.75 Å². The van der Waals surface area contributed by atoms with Crippen LogP contribution in [-0.2, 0) is 6.61 Å². The molecule has 0 radical (unpaired) electrons. The summed E-state index contributed by atoms with van der Waals surface area (Å²) in [4.78, 5) is 13.9. The summed E-state index contributed by atoms with van der Waals surface area (Å²) in [6.07, 6.45) is 1.57. The van der Waals surface area contributed by atoms with E-state index in [-0.39, 0.29) is 17.3 Å². The Morgan fingerprint density at radius 1 is 1.26 bits per heavy atom. The van der Waals surface area contributed by atoms with Crippen LogP contribution in [0.4, 0.5) is 5.69 Å². The number of benzene rings is 1. The van der Waals surface area contributed by atoms with E-state index in [2.05, 4.69) is 4.98 Å². The third-order valence-corrected chi connectivity index (χ3v) is 2.82. The molecule has 0 amide bonds. The normalized spacial score (nSPS) is 10.2. The van der Waals surface area contributed by atoms with Crippen LogP contribution in [0.25, 0.3) is 0 Å². The highest BCUT2D eigenvalue weighted by atomic mass is 35.5. The van der Waals surface area contributed by atoms with Crippen LogP contribution in [0.3, 0.4) is 0 Å². The summed E-state index contributed by atoms with van der Waals surface area (Å²) >= 11 is 11.5. The van der Waals surface area contributed by atoms with Crippen LogP contribution in [-0.4, -0.2) is 9.91 Å². The lowest BCUT2D eigenvalue weighted by atomic mass is 10.3. The number of halogens is 2. The van der Waals surface area contributed by atoms with Crippen LogP contribution < -0.4 is 4.74 Å². The van der Waals surface area contributed by atoms with Crippen molar-refractivity contribution in [2.45, 2.75) is 6.61 Å². The number of nitrogens with zero attached hydrogens (tertiary/aromatic N) is 2. The average molecular weight is 299 g/mol. The first-order valence-corrected chi connectivity index (χ1v) is 5.99. The Kier molecular flexibility index (Phi) is 4.19. The van der Waals surface area contributed by atoms with Crippen LogP contribution in [0.1, 0.15) is 5.56 Å². The molecular weight excluding hydrogens is 291 g/mol. The largest absolute Gasteiger partial charge is 0.489 e. The third kappa shape index (κ3) is 3.56. The van der Waals surface area contributed by atoms with Gasteiger partial charge in [0.1, 0.15) is 22.5 Å². The van der Waals surface area contributed by atoms with Crippen molar-refractivity contribution in [3.63, 3.8) is 0 Å². The van der Waals surface area contributed by atoms with E-state index in [9.17, 15) is 10.1 Å².